The van der Waals surface area contributed by atoms with Crippen molar-refractivity contribution in [3.8, 4) is 0 Å². The molecule has 3 heteroatoms. The fraction of sp³-hybridized carbons (Fsp3) is 1.00. The first kappa shape index (κ1) is 7.51. The highest BCUT2D eigenvalue weighted by atomic mass is 79.9. The number of rotatable bonds is 1. The van der Waals surface area contributed by atoms with Crippen LogP contribution in [0.1, 0.15) is 13.3 Å². The summed E-state index contributed by atoms with van der Waals surface area (Å²) in [5.74, 6) is -0.389. The molecular formula is C6H11BrO2. The van der Waals surface area contributed by atoms with Gasteiger partial charge < -0.3 is 9.47 Å². The Bertz CT molecular complexity index is 107. The van der Waals surface area contributed by atoms with Crippen molar-refractivity contribution in [2.24, 2.45) is 0 Å². The van der Waals surface area contributed by atoms with Crippen molar-refractivity contribution < 1.29 is 9.47 Å². The third-order valence-electron chi connectivity index (χ3n) is 1.73. The van der Waals surface area contributed by atoms with E-state index in [0.29, 0.717) is 4.83 Å². The summed E-state index contributed by atoms with van der Waals surface area (Å²) in [4.78, 5) is 0.343. The van der Waals surface area contributed by atoms with Gasteiger partial charge in [-0.15, -0.1) is 0 Å². The zero-order chi connectivity index (χ0) is 6.91. The molecular weight excluding hydrogens is 184 g/mol. The molecule has 1 saturated heterocycles. The summed E-state index contributed by atoms with van der Waals surface area (Å²) >= 11 is 3.47. The quantitative estimate of drug-likeness (QED) is 0.590. The van der Waals surface area contributed by atoms with Crippen molar-refractivity contribution in [3.05, 3.63) is 0 Å². The minimum atomic E-state index is -0.389. The first-order chi connectivity index (χ1) is 4.19. The highest BCUT2D eigenvalue weighted by Crippen LogP contribution is 2.31. The van der Waals surface area contributed by atoms with Crippen LogP contribution >= 0.6 is 15.9 Å². The third kappa shape index (κ3) is 1.28. The average molecular weight is 195 g/mol. The van der Waals surface area contributed by atoms with Crippen LogP contribution in [0.15, 0.2) is 0 Å². The molecule has 0 aliphatic carbocycles. The molecule has 9 heavy (non-hydrogen) atoms. The molecule has 1 heterocycles. The summed E-state index contributed by atoms with van der Waals surface area (Å²) in [5.41, 5.74) is 0. The first-order valence-electron chi connectivity index (χ1n) is 3.02. The Morgan fingerprint density at radius 1 is 1.78 bits per heavy atom. The fourth-order valence-corrected chi connectivity index (χ4v) is 1.41. The second kappa shape index (κ2) is 2.56. The van der Waals surface area contributed by atoms with Gasteiger partial charge in [-0.3, -0.25) is 0 Å². The van der Waals surface area contributed by atoms with Crippen LogP contribution in [-0.2, 0) is 9.47 Å². The number of halogens is 1. The van der Waals surface area contributed by atoms with Crippen molar-refractivity contribution in [1.82, 2.24) is 0 Å². The van der Waals surface area contributed by atoms with Gasteiger partial charge in [-0.25, -0.2) is 0 Å². The van der Waals surface area contributed by atoms with Gasteiger partial charge in [0.05, 0.1) is 11.4 Å². The molecule has 0 saturated carbocycles. The van der Waals surface area contributed by atoms with Gasteiger partial charge in [0.1, 0.15) is 0 Å². The Kier molecular flexibility index (Phi) is 2.14. The fourth-order valence-electron chi connectivity index (χ4n) is 0.904. The Balaban J connectivity index is 2.56. The summed E-state index contributed by atoms with van der Waals surface area (Å²) in [6.07, 6.45) is 1.03. The number of hydrogen-bond acceptors (Lipinski definition) is 2. The molecule has 0 aromatic heterocycles. The zero-order valence-electron chi connectivity index (χ0n) is 5.69. The molecule has 0 radical (unpaired) electrons. The monoisotopic (exact) mass is 194 g/mol. The summed E-state index contributed by atoms with van der Waals surface area (Å²) in [7, 11) is 1.67. The highest BCUT2D eigenvalue weighted by molar-refractivity contribution is 9.09. The molecule has 0 bridgehead atoms. The van der Waals surface area contributed by atoms with Crippen molar-refractivity contribution in [1.29, 1.82) is 0 Å². The van der Waals surface area contributed by atoms with Crippen LogP contribution in [0.2, 0.25) is 0 Å². The smallest absolute Gasteiger partial charge is 0.177 e. The number of alkyl halides is 1. The Labute approximate surface area is 63.7 Å². The standard InChI is InChI=1S/C6H11BrO2/c1-6(8-2)5(7)3-4-9-6/h5H,3-4H2,1-2H3. The van der Waals surface area contributed by atoms with Gasteiger partial charge in [0.2, 0.25) is 0 Å². The van der Waals surface area contributed by atoms with E-state index in [1.165, 1.54) is 0 Å². The molecule has 0 amide bonds. The van der Waals surface area contributed by atoms with Gasteiger partial charge in [0.25, 0.3) is 0 Å². The molecule has 54 valence electrons. The predicted molar refractivity (Wildman–Crippen MR) is 38.7 cm³/mol. The Morgan fingerprint density at radius 3 is 2.67 bits per heavy atom. The van der Waals surface area contributed by atoms with E-state index in [2.05, 4.69) is 15.9 Å². The summed E-state index contributed by atoms with van der Waals surface area (Å²) in [5, 5.41) is 0. The second-order valence-electron chi connectivity index (χ2n) is 2.32. The molecule has 0 aromatic carbocycles. The molecule has 1 rings (SSSR count). The van der Waals surface area contributed by atoms with E-state index in [4.69, 9.17) is 9.47 Å². The van der Waals surface area contributed by atoms with E-state index in [1.807, 2.05) is 6.92 Å². The molecule has 0 spiro atoms. The van der Waals surface area contributed by atoms with Gasteiger partial charge in [-0.2, -0.15) is 0 Å². The number of methoxy groups -OCH3 is 1. The Morgan fingerprint density at radius 2 is 2.44 bits per heavy atom. The van der Waals surface area contributed by atoms with Gasteiger partial charge >= 0.3 is 0 Å². The van der Waals surface area contributed by atoms with Gasteiger partial charge in [-0.05, 0) is 13.3 Å². The summed E-state index contributed by atoms with van der Waals surface area (Å²) in [6.45, 7) is 2.74. The Hall–Kier alpha value is 0.400. The van der Waals surface area contributed by atoms with Crippen LogP contribution in [0, 0.1) is 0 Å². The van der Waals surface area contributed by atoms with Crippen molar-refractivity contribution in [2.75, 3.05) is 13.7 Å². The van der Waals surface area contributed by atoms with E-state index in [-0.39, 0.29) is 5.79 Å². The lowest BCUT2D eigenvalue weighted by atomic mass is 10.2. The lowest BCUT2D eigenvalue weighted by Crippen LogP contribution is -2.33. The third-order valence-corrected chi connectivity index (χ3v) is 3.02. The molecule has 1 fully saturated rings. The number of hydrogen-bond donors (Lipinski definition) is 0. The van der Waals surface area contributed by atoms with Gasteiger partial charge in [0, 0.05) is 7.11 Å². The molecule has 2 unspecified atom stereocenters. The van der Waals surface area contributed by atoms with Crippen LogP contribution in [0.4, 0.5) is 0 Å². The lowest BCUT2D eigenvalue weighted by molar-refractivity contribution is -0.174. The number of ether oxygens (including phenoxy) is 2. The van der Waals surface area contributed by atoms with E-state index in [0.717, 1.165) is 13.0 Å². The van der Waals surface area contributed by atoms with Gasteiger partial charge in [-0.1, -0.05) is 15.9 Å². The van der Waals surface area contributed by atoms with Crippen molar-refractivity contribution in [3.63, 3.8) is 0 Å². The van der Waals surface area contributed by atoms with Gasteiger partial charge in [0.15, 0.2) is 5.79 Å². The topological polar surface area (TPSA) is 18.5 Å². The maximum atomic E-state index is 5.33. The largest absolute Gasteiger partial charge is 0.352 e. The summed E-state index contributed by atoms with van der Waals surface area (Å²) in [6, 6.07) is 0. The molecule has 1 aliphatic heterocycles. The maximum absolute atomic E-state index is 5.33. The minimum absolute atomic E-state index is 0.343. The minimum Gasteiger partial charge on any atom is -0.352 e. The van der Waals surface area contributed by atoms with E-state index in [9.17, 15) is 0 Å². The SMILES string of the molecule is COC1(C)OCCC1Br. The molecule has 2 nitrogen and oxygen atoms in total. The lowest BCUT2D eigenvalue weighted by Gasteiger charge is -2.24. The maximum Gasteiger partial charge on any atom is 0.177 e. The van der Waals surface area contributed by atoms with Crippen molar-refractivity contribution in [2.45, 2.75) is 24.0 Å². The zero-order valence-corrected chi connectivity index (χ0v) is 7.27. The predicted octanol–water partition coefficient (Wildman–Crippen LogP) is 1.53. The van der Waals surface area contributed by atoms with Crippen LogP contribution in [0.25, 0.3) is 0 Å². The molecule has 1 aliphatic rings. The first-order valence-corrected chi connectivity index (χ1v) is 3.94. The molecule has 2 atom stereocenters. The van der Waals surface area contributed by atoms with E-state index in [1.54, 1.807) is 7.11 Å². The van der Waals surface area contributed by atoms with Crippen LogP contribution in [-0.4, -0.2) is 24.3 Å². The highest BCUT2D eigenvalue weighted by Gasteiger charge is 2.38. The van der Waals surface area contributed by atoms with Crippen LogP contribution in [0.3, 0.4) is 0 Å². The van der Waals surface area contributed by atoms with Crippen molar-refractivity contribution >= 4 is 15.9 Å². The normalized spacial score (nSPS) is 43.7. The molecule has 0 N–H and O–H groups in total. The second-order valence-corrected chi connectivity index (χ2v) is 3.43. The van der Waals surface area contributed by atoms with Crippen LogP contribution < -0.4 is 0 Å². The van der Waals surface area contributed by atoms with Crippen LogP contribution in [0.5, 0.6) is 0 Å². The van der Waals surface area contributed by atoms with E-state index >= 15 is 0 Å². The van der Waals surface area contributed by atoms with E-state index < -0.39 is 0 Å². The molecule has 0 aromatic rings. The average Bonchev–Trinajstić information content (AvgIpc) is 2.15. The summed E-state index contributed by atoms with van der Waals surface area (Å²) < 4.78 is 10.5.